The Balaban J connectivity index is 3.12. The first-order valence-corrected chi connectivity index (χ1v) is 4.32. The smallest absolute Gasteiger partial charge is 0.241 e. The van der Waals surface area contributed by atoms with Crippen molar-refractivity contribution in [1.29, 1.82) is 0 Å². The highest BCUT2D eigenvalue weighted by molar-refractivity contribution is 5.79. The summed E-state index contributed by atoms with van der Waals surface area (Å²) in [5.41, 5.74) is 0. The summed E-state index contributed by atoms with van der Waals surface area (Å²) in [6, 6.07) is 0. The number of nitrogens with one attached hydrogen (secondary N) is 2. The van der Waals surface area contributed by atoms with Crippen molar-refractivity contribution in [2.45, 2.75) is 19.8 Å². The van der Waals surface area contributed by atoms with Crippen LogP contribution in [0.25, 0.3) is 0 Å². The molecule has 0 aromatic carbocycles. The van der Waals surface area contributed by atoms with E-state index in [-0.39, 0.29) is 19.2 Å². The molecule has 0 bridgehead atoms. The molecule has 0 radical (unpaired) electrons. The van der Waals surface area contributed by atoms with Gasteiger partial charge in [-0.25, -0.2) is 0 Å². The maximum absolute atomic E-state index is 10.8. The van der Waals surface area contributed by atoms with Crippen LogP contribution in [0.15, 0.2) is 0 Å². The van der Waals surface area contributed by atoms with Gasteiger partial charge in [0.05, 0.1) is 6.54 Å². The Kier molecular flexibility index (Phi) is 8.23. The molecule has 0 rings (SSSR count). The molecule has 76 valence electrons. The van der Waals surface area contributed by atoms with Crippen LogP contribution in [0, 0.1) is 0 Å². The second-order valence-corrected chi connectivity index (χ2v) is 2.50. The second-order valence-electron chi connectivity index (χ2n) is 2.50. The quantitative estimate of drug-likeness (QED) is 0.310. The number of carbonyl (C=O) groups excluding carboxylic acids is 2. The van der Waals surface area contributed by atoms with Gasteiger partial charge in [0.2, 0.25) is 12.3 Å². The maximum atomic E-state index is 10.8. The van der Waals surface area contributed by atoms with E-state index in [0.29, 0.717) is 13.0 Å². The van der Waals surface area contributed by atoms with Crippen LogP contribution in [0.5, 0.6) is 0 Å². The van der Waals surface area contributed by atoms with E-state index in [1.54, 1.807) is 0 Å². The molecule has 0 spiro atoms. The summed E-state index contributed by atoms with van der Waals surface area (Å²) in [5, 5.41) is 4.75. The Morgan fingerprint density at radius 2 is 2.31 bits per heavy atom. The van der Waals surface area contributed by atoms with E-state index in [0.717, 1.165) is 12.8 Å². The van der Waals surface area contributed by atoms with E-state index in [1.807, 2.05) is 0 Å². The highest BCUT2D eigenvalue weighted by Gasteiger charge is 1.97. The molecule has 0 aliphatic rings. The second kappa shape index (κ2) is 8.99. The van der Waals surface area contributed by atoms with Gasteiger partial charge in [0.15, 0.2) is 0 Å². The van der Waals surface area contributed by atoms with Crippen molar-refractivity contribution in [2.75, 3.05) is 19.9 Å². The third-order valence-electron chi connectivity index (χ3n) is 1.36. The zero-order valence-corrected chi connectivity index (χ0v) is 7.84. The van der Waals surface area contributed by atoms with E-state index >= 15 is 0 Å². The van der Waals surface area contributed by atoms with Gasteiger partial charge >= 0.3 is 0 Å². The van der Waals surface area contributed by atoms with E-state index in [1.165, 1.54) is 0 Å². The fraction of sp³-hybridized carbons (Fsp3) is 0.750. The lowest BCUT2D eigenvalue weighted by Crippen LogP contribution is -2.34. The third kappa shape index (κ3) is 8.81. The molecule has 0 aliphatic heterocycles. The highest BCUT2D eigenvalue weighted by Crippen LogP contribution is 1.85. The van der Waals surface area contributed by atoms with Gasteiger partial charge in [-0.1, -0.05) is 13.3 Å². The van der Waals surface area contributed by atoms with Gasteiger partial charge in [-0.05, 0) is 6.42 Å². The minimum absolute atomic E-state index is 0.000633. The molecule has 0 heterocycles. The van der Waals surface area contributed by atoms with Crippen molar-refractivity contribution in [3.63, 3.8) is 0 Å². The topological polar surface area (TPSA) is 67.4 Å². The molecule has 5 nitrogen and oxygen atoms in total. The van der Waals surface area contributed by atoms with Gasteiger partial charge in [-0.2, -0.15) is 0 Å². The van der Waals surface area contributed by atoms with Crippen molar-refractivity contribution >= 4 is 12.3 Å². The number of amides is 2. The summed E-state index contributed by atoms with van der Waals surface area (Å²) in [5.74, 6) is -0.247. The normalized spacial score (nSPS) is 9.31. The Hall–Kier alpha value is -1.10. The van der Waals surface area contributed by atoms with Crippen LogP contribution in [0.2, 0.25) is 0 Å². The summed E-state index contributed by atoms with van der Waals surface area (Å²) >= 11 is 0. The predicted octanol–water partition coefficient (Wildman–Crippen LogP) is -0.377. The number of carbonyl (C=O) groups is 2. The van der Waals surface area contributed by atoms with Crippen molar-refractivity contribution in [2.24, 2.45) is 0 Å². The molecule has 0 aromatic rings. The largest absolute Gasteiger partial charge is 0.361 e. The van der Waals surface area contributed by atoms with Crippen LogP contribution >= 0.6 is 0 Å². The Labute approximate surface area is 77.8 Å². The Bertz CT molecular complexity index is 150. The van der Waals surface area contributed by atoms with Crippen LogP contribution in [-0.2, 0) is 14.3 Å². The van der Waals surface area contributed by atoms with E-state index in [2.05, 4.69) is 17.6 Å². The van der Waals surface area contributed by atoms with Crippen LogP contribution in [0.3, 0.4) is 0 Å². The summed E-state index contributed by atoms with van der Waals surface area (Å²) in [6.45, 7) is 2.92. The van der Waals surface area contributed by atoms with Crippen LogP contribution in [0.4, 0.5) is 0 Å². The van der Waals surface area contributed by atoms with Crippen molar-refractivity contribution in [3.05, 3.63) is 0 Å². The molecule has 0 aliphatic carbocycles. The molecule has 13 heavy (non-hydrogen) atoms. The third-order valence-corrected chi connectivity index (χ3v) is 1.36. The molecule has 2 amide bonds. The monoisotopic (exact) mass is 188 g/mol. The molecule has 2 N–H and O–H groups in total. The van der Waals surface area contributed by atoms with Gasteiger partial charge in [-0.3, -0.25) is 9.59 Å². The number of unbranched alkanes of at least 4 members (excludes halogenated alkanes) is 1. The fourth-order valence-electron chi connectivity index (χ4n) is 0.647. The number of ether oxygens (including phenoxy) is 1. The molecule has 0 saturated carbocycles. The molecule has 0 saturated heterocycles. The minimum Gasteiger partial charge on any atom is -0.361 e. The molecule has 0 atom stereocenters. The molecule has 0 unspecified atom stereocenters. The fourth-order valence-corrected chi connectivity index (χ4v) is 0.647. The lowest BCUT2D eigenvalue weighted by Gasteiger charge is -2.04. The van der Waals surface area contributed by atoms with Gasteiger partial charge in [0.1, 0.15) is 6.73 Å². The predicted molar refractivity (Wildman–Crippen MR) is 47.9 cm³/mol. The number of hydrogen-bond donors (Lipinski definition) is 2. The van der Waals surface area contributed by atoms with Gasteiger partial charge in [-0.15, -0.1) is 0 Å². The maximum Gasteiger partial charge on any atom is 0.241 e. The Morgan fingerprint density at radius 3 is 2.92 bits per heavy atom. The summed E-state index contributed by atoms with van der Waals surface area (Å²) in [4.78, 5) is 20.6. The standard InChI is InChI=1S/C8H16N2O3/c1-2-3-4-13-7-10-8(12)5-9-6-11/h6H,2-5,7H2,1H3,(H,9,11)(H,10,12). The zero-order valence-electron chi connectivity index (χ0n) is 7.84. The van der Waals surface area contributed by atoms with Gasteiger partial charge in [0.25, 0.3) is 0 Å². The SMILES string of the molecule is CCCCOCNC(=O)CNC=O. The average Bonchev–Trinajstić information content (AvgIpc) is 2.14. The molecular weight excluding hydrogens is 172 g/mol. The van der Waals surface area contributed by atoms with Crippen LogP contribution < -0.4 is 10.6 Å². The van der Waals surface area contributed by atoms with Crippen LogP contribution in [0.1, 0.15) is 19.8 Å². The number of rotatable bonds is 8. The number of hydrogen-bond acceptors (Lipinski definition) is 3. The highest BCUT2D eigenvalue weighted by atomic mass is 16.5. The molecular formula is C8H16N2O3. The lowest BCUT2D eigenvalue weighted by molar-refractivity contribution is -0.123. The molecule has 5 heteroatoms. The summed E-state index contributed by atoms with van der Waals surface area (Å²) in [6.07, 6.45) is 2.54. The summed E-state index contributed by atoms with van der Waals surface area (Å²) in [7, 11) is 0. The average molecular weight is 188 g/mol. The van der Waals surface area contributed by atoms with Crippen molar-refractivity contribution in [1.82, 2.24) is 10.6 Å². The van der Waals surface area contributed by atoms with E-state index < -0.39 is 0 Å². The lowest BCUT2D eigenvalue weighted by atomic mass is 10.4. The van der Waals surface area contributed by atoms with Crippen molar-refractivity contribution in [3.8, 4) is 0 Å². The van der Waals surface area contributed by atoms with Gasteiger partial charge < -0.3 is 15.4 Å². The minimum atomic E-state index is -0.247. The van der Waals surface area contributed by atoms with Gasteiger partial charge in [0, 0.05) is 6.61 Å². The first-order valence-electron chi connectivity index (χ1n) is 4.32. The first-order chi connectivity index (χ1) is 6.31. The van der Waals surface area contributed by atoms with E-state index in [4.69, 9.17) is 4.74 Å². The van der Waals surface area contributed by atoms with Crippen molar-refractivity contribution < 1.29 is 14.3 Å². The Morgan fingerprint density at radius 1 is 1.54 bits per heavy atom. The summed E-state index contributed by atoms with van der Waals surface area (Å²) < 4.78 is 5.08. The molecule has 0 fully saturated rings. The molecule has 0 aromatic heterocycles. The van der Waals surface area contributed by atoms with E-state index in [9.17, 15) is 9.59 Å². The first kappa shape index (κ1) is 11.9. The zero-order chi connectivity index (χ0) is 9.94. The van der Waals surface area contributed by atoms with Crippen LogP contribution in [-0.4, -0.2) is 32.2 Å².